The van der Waals surface area contributed by atoms with Crippen molar-refractivity contribution in [1.82, 2.24) is 0 Å². The summed E-state index contributed by atoms with van der Waals surface area (Å²) in [4.78, 5) is 0. The van der Waals surface area contributed by atoms with Crippen molar-refractivity contribution in [2.24, 2.45) is 0 Å². The average molecular weight is 414 g/mol. The Labute approximate surface area is 169 Å². The van der Waals surface area contributed by atoms with Crippen LogP contribution in [0.15, 0.2) is 54.7 Å². The summed E-state index contributed by atoms with van der Waals surface area (Å²) in [6, 6.07) is 13.2. The molecule has 0 spiro atoms. The number of nitrogens with zero attached hydrogens (tertiary/aromatic N) is 1. The molecule has 0 radical (unpaired) electrons. The molecule has 152 valence electrons. The van der Waals surface area contributed by atoms with Crippen molar-refractivity contribution in [3.05, 3.63) is 71.1 Å². The van der Waals surface area contributed by atoms with E-state index in [1.54, 1.807) is 49.4 Å². The van der Waals surface area contributed by atoms with Gasteiger partial charge in [-0.05, 0) is 36.8 Å². The predicted molar refractivity (Wildman–Crippen MR) is 114 cm³/mol. The number of pyridine rings is 1. The number of hydrogen-bond acceptors (Lipinski definition) is 6. The number of ether oxygens (including phenoxy) is 1. The van der Waals surface area contributed by atoms with Crippen molar-refractivity contribution in [2.75, 3.05) is 23.3 Å². The fraction of sp³-hybridized carbons (Fsp3) is 0.150. The van der Waals surface area contributed by atoms with Crippen LogP contribution in [0, 0.1) is 12.1 Å². The van der Waals surface area contributed by atoms with Gasteiger partial charge < -0.3 is 21.4 Å². The Morgan fingerprint density at radius 1 is 1.14 bits per heavy atom. The van der Waals surface area contributed by atoms with Crippen LogP contribution in [0.2, 0.25) is 0 Å². The SMILES string of the molecule is COc1ccccc1CS(=O)(=O)Nc1cc[n+]([O-])c(-c2ccc(N)cc2C)c1N. The normalized spacial score (nSPS) is 11.2. The van der Waals surface area contributed by atoms with Gasteiger partial charge >= 0.3 is 0 Å². The lowest BCUT2D eigenvalue weighted by Gasteiger charge is -2.15. The highest BCUT2D eigenvalue weighted by molar-refractivity contribution is 7.91. The number of methoxy groups -OCH3 is 1. The van der Waals surface area contributed by atoms with Crippen LogP contribution in [0.3, 0.4) is 0 Å². The maximum Gasteiger partial charge on any atom is 0.249 e. The van der Waals surface area contributed by atoms with Gasteiger partial charge in [-0.2, -0.15) is 4.73 Å². The molecule has 1 heterocycles. The summed E-state index contributed by atoms with van der Waals surface area (Å²) >= 11 is 0. The van der Waals surface area contributed by atoms with E-state index in [4.69, 9.17) is 16.2 Å². The predicted octanol–water partition coefficient (Wildman–Crippen LogP) is 2.41. The summed E-state index contributed by atoms with van der Waals surface area (Å²) in [6.07, 6.45) is 1.21. The third kappa shape index (κ3) is 4.35. The zero-order valence-electron chi connectivity index (χ0n) is 16.0. The highest BCUT2D eigenvalue weighted by atomic mass is 32.2. The number of para-hydroxylation sites is 1. The van der Waals surface area contributed by atoms with Gasteiger partial charge in [0.05, 0.1) is 24.1 Å². The molecule has 5 N–H and O–H groups in total. The Kier molecular flexibility index (Phi) is 5.51. The van der Waals surface area contributed by atoms with E-state index in [9.17, 15) is 13.6 Å². The van der Waals surface area contributed by atoms with E-state index in [0.717, 1.165) is 5.56 Å². The summed E-state index contributed by atoms with van der Waals surface area (Å²) < 4.78 is 33.7. The van der Waals surface area contributed by atoms with Crippen molar-refractivity contribution in [2.45, 2.75) is 12.7 Å². The molecule has 1 aromatic heterocycles. The van der Waals surface area contributed by atoms with E-state index in [1.807, 2.05) is 0 Å². The van der Waals surface area contributed by atoms with Crippen LogP contribution in [0.5, 0.6) is 5.75 Å². The molecule has 0 aliphatic carbocycles. The van der Waals surface area contributed by atoms with Crippen molar-refractivity contribution in [3.8, 4) is 17.0 Å². The summed E-state index contributed by atoms with van der Waals surface area (Å²) in [6.45, 7) is 1.80. The van der Waals surface area contributed by atoms with Crippen LogP contribution in [-0.2, 0) is 15.8 Å². The van der Waals surface area contributed by atoms with Gasteiger partial charge in [0, 0.05) is 17.3 Å². The molecule has 2 aromatic carbocycles. The number of nitrogen functional groups attached to an aromatic ring is 2. The largest absolute Gasteiger partial charge is 0.618 e. The maximum absolute atomic E-state index is 12.7. The molecular formula is C20H22N4O4S. The minimum absolute atomic E-state index is 0.0268. The Morgan fingerprint density at radius 2 is 1.86 bits per heavy atom. The second-order valence-corrected chi connectivity index (χ2v) is 8.29. The van der Waals surface area contributed by atoms with Gasteiger partial charge in [-0.15, -0.1) is 0 Å². The molecule has 0 fully saturated rings. The Balaban J connectivity index is 1.98. The van der Waals surface area contributed by atoms with Crippen LogP contribution in [0.25, 0.3) is 11.3 Å². The number of sulfonamides is 1. The first-order chi connectivity index (χ1) is 13.7. The van der Waals surface area contributed by atoms with E-state index in [0.29, 0.717) is 27.3 Å². The van der Waals surface area contributed by atoms with Crippen molar-refractivity contribution in [3.63, 3.8) is 0 Å². The minimum Gasteiger partial charge on any atom is -0.618 e. The molecule has 8 nitrogen and oxygen atoms in total. The Morgan fingerprint density at radius 3 is 2.55 bits per heavy atom. The van der Waals surface area contributed by atoms with Gasteiger partial charge in [0.25, 0.3) is 0 Å². The number of nitrogens with two attached hydrogens (primary N) is 2. The van der Waals surface area contributed by atoms with Gasteiger partial charge in [-0.1, -0.05) is 18.2 Å². The Hall–Kier alpha value is -3.46. The number of aryl methyl sites for hydroxylation is 1. The molecule has 0 amide bonds. The van der Waals surface area contributed by atoms with Gasteiger partial charge in [0.2, 0.25) is 15.7 Å². The number of rotatable bonds is 6. The zero-order chi connectivity index (χ0) is 21.2. The smallest absolute Gasteiger partial charge is 0.249 e. The van der Waals surface area contributed by atoms with Crippen LogP contribution in [0.1, 0.15) is 11.1 Å². The third-order valence-electron chi connectivity index (χ3n) is 4.45. The standard InChI is InChI=1S/C20H22N4O4S/c1-13-11-15(21)7-8-16(13)20-19(22)17(9-10-24(20)25)23-29(26,27)12-14-5-3-4-6-18(14)28-2/h3-11,23H,12,21-22H2,1-2H3. The lowest BCUT2D eigenvalue weighted by atomic mass is 10.0. The topological polar surface area (TPSA) is 134 Å². The van der Waals surface area contributed by atoms with E-state index in [-0.39, 0.29) is 22.8 Å². The van der Waals surface area contributed by atoms with E-state index in [2.05, 4.69) is 4.72 Å². The number of hydrogen-bond donors (Lipinski definition) is 3. The summed E-state index contributed by atoms with van der Waals surface area (Å²) in [5.74, 6) is 0.161. The molecule has 3 aromatic rings. The molecule has 9 heteroatoms. The number of nitrogens with one attached hydrogen (secondary N) is 1. The lowest BCUT2D eigenvalue weighted by molar-refractivity contribution is -0.592. The van der Waals surface area contributed by atoms with Crippen LogP contribution < -0.4 is 25.7 Å². The summed E-state index contributed by atoms with van der Waals surface area (Å²) in [5, 5.41) is 12.4. The fourth-order valence-electron chi connectivity index (χ4n) is 3.09. The number of benzene rings is 2. The second kappa shape index (κ2) is 7.88. The molecule has 0 saturated heterocycles. The average Bonchev–Trinajstić information content (AvgIpc) is 2.66. The van der Waals surface area contributed by atoms with Crippen LogP contribution in [0.4, 0.5) is 17.1 Å². The number of aromatic nitrogens is 1. The van der Waals surface area contributed by atoms with Gasteiger partial charge in [0.1, 0.15) is 11.4 Å². The first kappa shape index (κ1) is 20.3. The maximum atomic E-state index is 12.7. The molecule has 0 aliphatic rings. The van der Waals surface area contributed by atoms with Crippen LogP contribution >= 0.6 is 0 Å². The van der Waals surface area contributed by atoms with Gasteiger partial charge in [0.15, 0.2) is 6.20 Å². The molecule has 0 atom stereocenters. The summed E-state index contributed by atoms with van der Waals surface area (Å²) in [5.41, 5.74) is 14.6. The second-order valence-electron chi connectivity index (χ2n) is 6.56. The van der Waals surface area contributed by atoms with E-state index in [1.165, 1.54) is 19.4 Å². The van der Waals surface area contributed by atoms with E-state index < -0.39 is 10.0 Å². The first-order valence-electron chi connectivity index (χ1n) is 8.72. The Bertz CT molecular complexity index is 1160. The highest BCUT2D eigenvalue weighted by Crippen LogP contribution is 2.32. The third-order valence-corrected chi connectivity index (χ3v) is 5.67. The molecule has 0 aliphatic heterocycles. The lowest BCUT2D eigenvalue weighted by Crippen LogP contribution is -2.31. The highest BCUT2D eigenvalue weighted by Gasteiger charge is 2.22. The molecule has 29 heavy (non-hydrogen) atoms. The van der Waals surface area contributed by atoms with Crippen molar-refractivity contribution < 1.29 is 17.9 Å². The minimum atomic E-state index is -3.81. The van der Waals surface area contributed by atoms with Gasteiger partial charge in [-0.25, -0.2) is 8.42 Å². The monoisotopic (exact) mass is 414 g/mol. The molecule has 0 bridgehead atoms. The van der Waals surface area contributed by atoms with Crippen molar-refractivity contribution >= 4 is 27.1 Å². The van der Waals surface area contributed by atoms with E-state index >= 15 is 0 Å². The molecule has 0 saturated carbocycles. The quantitative estimate of drug-likeness (QED) is 0.322. The first-order valence-corrected chi connectivity index (χ1v) is 10.4. The van der Waals surface area contributed by atoms with Crippen LogP contribution in [-0.4, -0.2) is 15.5 Å². The molecule has 0 unspecified atom stereocenters. The zero-order valence-corrected chi connectivity index (χ0v) is 16.9. The molecule has 3 rings (SSSR count). The molecular weight excluding hydrogens is 392 g/mol. The van der Waals surface area contributed by atoms with Crippen molar-refractivity contribution in [1.29, 1.82) is 0 Å². The number of anilines is 3. The fourth-order valence-corrected chi connectivity index (χ4v) is 4.32. The summed E-state index contributed by atoms with van der Waals surface area (Å²) in [7, 11) is -2.34. The van der Waals surface area contributed by atoms with Gasteiger partial charge in [-0.3, -0.25) is 4.72 Å².